The molecule has 126 valence electrons. The second-order valence-electron chi connectivity index (χ2n) is 6.40. The number of amides is 1. The molecule has 0 spiro atoms. The zero-order valence-corrected chi connectivity index (χ0v) is 13.8. The van der Waals surface area contributed by atoms with Crippen molar-refractivity contribution in [2.75, 3.05) is 32.1 Å². The van der Waals surface area contributed by atoms with Gasteiger partial charge in [0.1, 0.15) is 11.5 Å². The third kappa shape index (κ3) is 2.52. The SMILES string of the molecule is CN(C)C(=O)c1cccc(N2CC[C@H]3[C@H](C2)OCc2cnnn23)n1. The van der Waals surface area contributed by atoms with Crippen LogP contribution in [-0.2, 0) is 11.3 Å². The molecule has 2 aromatic heterocycles. The van der Waals surface area contributed by atoms with Crippen LogP contribution in [0.5, 0.6) is 0 Å². The molecule has 2 aliphatic rings. The third-order valence-electron chi connectivity index (χ3n) is 4.62. The summed E-state index contributed by atoms with van der Waals surface area (Å²) in [5.41, 5.74) is 1.49. The Morgan fingerprint density at radius 3 is 3.08 bits per heavy atom. The maximum Gasteiger partial charge on any atom is 0.272 e. The molecule has 8 heteroatoms. The first-order chi connectivity index (χ1) is 11.6. The summed E-state index contributed by atoms with van der Waals surface area (Å²) >= 11 is 0. The predicted octanol–water partition coefficient (Wildman–Crippen LogP) is 0.725. The number of piperidine rings is 1. The van der Waals surface area contributed by atoms with E-state index in [0.29, 0.717) is 12.3 Å². The molecule has 1 fully saturated rings. The summed E-state index contributed by atoms with van der Waals surface area (Å²) in [5.74, 6) is 0.724. The van der Waals surface area contributed by atoms with Crippen LogP contribution < -0.4 is 4.90 Å². The number of rotatable bonds is 2. The molecule has 0 radical (unpaired) electrons. The molecule has 2 aromatic rings. The Labute approximate surface area is 140 Å². The number of nitrogens with zero attached hydrogens (tertiary/aromatic N) is 6. The number of pyridine rings is 1. The van der Waals surface area contributed by atoms with Gasteiger partial charge in [0.25, 0.3) is 5.91 Å². The van der Waals surface area contributed by atoms with E-state index in [0.717, 1.165) is 31.0 Å². The van der Waals surface area contributed by atoms with Crippen LogP contribution in [0.1, 0.15) is 28.6 Å². The Kier molecular flexibility index (Phi) is 3.68. The average molecular weight is 328 g/mol. The smallest absolute Gasteiger partial charge is 0.272 e. The molecular formula is C16H20N6O2. The zero-order valence-electron chi connectivity index (χ0n) is 13.8. The lowest BCUT2D eigenvalue weighted by Crippen LogP contribution is -2.49. The highest BCUT2D eigenvalue weighted by molar-refractivity contribution is 5.92. The molecule has 0 aromatic carbocycles. The number of carbonyl (C=O) groups excluding carboxylic acids is 1. The van der Waals surface area contributed by atoms with Crippen molar-refractivity contribution in [2.45, 2.75) is 25.2 Å². The van der Waals surface area contributed by atoms with Gasteiger partial charge >= 0.3 is 0 Å². The minimum absolute atomic E-state index is 0.0583. The molecule has 0 aliphatic carbocycles. The van der Waals surface area contributed by atoms with Gasteiger partial charge in [0.05, 0.1) is 30.6 Å². The molecule has 0 saturated carbocycles. The zero-order chi connectivity index (χ0) is 16.7. The van der Waals surface area contributed by atoms with Gasteiger partial charge in [-0.3, -0.25) is 4.79 Å². The Bertz CT molecular complexity index is 759. The number of carbonyl (C=O) groups is 1. The standard InChI is InChI=1S/C16H20N6O2/c1-20(2)16(23)12-4-3-5-15(18-12)21-7-6-13-14(9-21)24-10-11-8-17-19-22(11)13/h3-5,8,13-14H,6-7,9-10H2,1-2H3/t13-,14-/m0/s1. The first kappa shape index (κ1) is 15.1. The molecule has 2 aliphatic heterocycles. The number of hydrogen-bond acceptors (Lipinski definition) is 6. The maximum atomic E-state index is 12.1. The van der Waals surface area contributed by atoms with E-state index in [4.69, 9.17) is 4.74 Å². The van der Waals surface area contributed by atoms with Gasteiger partial charge in [0.2, 0.25) is 0 Å². The van der Waals surface area contributed by atoms with Crippen molar-refractivity contribution in [3.05, 3.63) is 35.8 Å². The van der Waals surface area contributed by atoms with Gasteiger partial charge in [-0.25, -0.2) is 9.67 Å². The van der Waals surface area contributed by atoms with Crippen LogP contribution >= 0.6 is 0 Å². The molecule has 4 rings (SSSR count). The normalized spacial score (nSPS) is 22.7. The first-order valence-electron chi connectivity index (χ1n) is 8.08. The molecular weight excluding hydrogens is 308 g/mol. The molecule has 8 nitrogen and oxygen atoms in total. The fourth-order valence-electron chi connectivity index (χ4n) is 3.34. The van der Waals surface area contributed by atoms with Crippen molar-refractivity contribution in [1.82, 2.24) is 24.9 Å². The summed E-state index contributed by atoms with van der Waals surface area (Å²) < 4.78 is 7.98. The van der Waals surface area contributed by atoms with E-state index in [1.54, 1.807) is 26.4 Å². The molecule has 2 atom stereocenters. The largest absolute Gasteiger partial charge is 0.368 e. The van der Waals surface area contributed by atoms with E-state index in [-0.39, 0.29) is 18.1 Å². The number of hydrogen-bond donors (Lipinski definition) is 0. The highest BCUT2D eigenvalue weighted by atomic mass is 16.5. The van der Waals surface area contributed by atoms with Crippen molar-refractivity contribution in [1.29, 1.82) is 0 Å². The molecule has 1 saturated heterocycles. The molecule has 4 heterocycles. The van der Waals surface area contributed by atoms with Crippen LogP contribution in [0.25, 0.3) is 0 Å². The summed E-state index contributed by atoms with van der Waals surface area (Å²) in [7, 11) is 3.46. The number of fused-ring (bicyclic) bond motifs is 3. The van der Waals surface area contributed by atoms with E-state index in [9.17, 15) is 4.79 Å². The average Bonchev–Trinajstić information content (AvgIpc) is 3.09. The van der Waals surface area contributed by atoms with Gasteiger partial charge in [0, 0.05) is 27.2 Å². The number of anilines is 1. The lowest BCUT2D eigenvalue weighted by molar-refractivity contribution is -0.0335. The molecule has 0 N–H and O–H groups in total. The van der Waals surface area contributed by atoms with E-state index in [1.807, 2.05) is 16.8 Å². The van der Waals surface area contributed by atoms with Crippen LogP contribution in [0.4, 0.5) is 5.82 Å². The molecule has 24 heavy (non-hydrogen) atoms. The minimum Gasteiger partial charge on any atom is -0.368 e. The summed E-state index contributed by atoms with van der Waals surface area (Å²) in [6.07, 6.45) is 2.73. The maximum absolute atomic E-state index is 12.1. The Morgan fingerprint density at radius 2 is 2.25 bits per heavy atom. The molecule has 1 amide bonds. The minimum atomic E-state index is -0.0899. The van der Waals surface area contributed by atoms with Crippen LogP contribution in [0.3, 0.4) is 0 Å². The van der Waals surface area contributed by atoms with Crippen molar-refractivity contribution in [3.63, 3.8) is 0 Å². The summed E-state index contributed by atoms with van der Waals surface area (Å²) in [4.78, 5) is 20.4. The van der Waals surface area contributed by atoms with Gasteiger partial charge in [-0.2, -0.15) is 0 Å². The summed E-state index contributed by atoms with van der Waals surface area (Å²) in [6, 6.07) is 5.79. The molecule has 0 bridgehead atoms. The fraction of sp³-hybridized carbons (Fsp3) is 0.500. The quantitative estimate of drug-likeness (QED) is 0.809. The van der Waals surface area contributed by atoms with Crippen molar-refractivity contribution < 1.29 is 9.53 Å². The monoisotopic (exact) mass is 328 g/mol. The Hall–Kier alpha value is -2.48. The lowest BCUT2D eigenvalue weighted by Gasteiger charge is -2.41. The van der Waals surface area contributed by atoms with Crippen LogP contribution in [0.15, 0.2) is 24.4 Å². The first-order valence-corrected chi connectivity index (χ1v) is 8.08. The highest BCUT2D eigenvalue weighted by Gasteiger charge is 2.36. The van der Waals surface area contributed by atoms with Crippen LogP contribution in [0, 0.1) is 0 Å². The van der Waals surface area contributed by atoms with Crippen LogP contribution in [-0.4, -0.2) is 64.1 Å². The highest BCUT2D eigenvalue weighted by Crippen LogP contribution is 2.32. The third-order valence-corrected chi connectivity index (χ3v) is 4.62. The lowest BCUT2D eigenvalue weighted by atomic mass is 10.00. The fourth-order valence-corrected chi connectivity index (χ4v) is 3.34. The number of aromatic nitrogens is 4. The topological polar surface area (TPSA) is 76.4 Å². The van der Waals surface area contributed by atoms with E-state index < -0.39 is 0 Å². The Balaban J connectivity index is 1.54. The predicted molar refractivity (Wildman–Crippen MR) is 86.7 cm³/mol. The summed E-state index contributed by atoms with van der Waals surface area (Å²) in [5, 5.41) is 8.18. The Morgan fingerprint density at radius 1 is 1.38 bits per heavy atom. The van der Waals surface area contributed by atoms with E-state index in [1.165, 1.54) is 4.90 Å². The van der Waals surface area contributed by atoms with Gasteiger partial charge in [0.15, 0.2) is 0 Å². The van der Waals surface area contributed by atoms with E-state index in [2.05, 4.69) is 20.2 Å². The molecule has 0 unspecified atom stereocenters. The van der Waals surface area contributed by atoms with Crippen molar-refractivity contribution in [3.8, 4) is 0 Å². The van der Waals surface area contributed by atoms with Crippen LogP contribution in [0.2, 0.25) is 0 Å². The van der Waals surface area contributed by atoms with Crippen molar-refractivity contribution >= 4 is 11.7 Å². The van der Waals surface area contributed by atoms with E-state index >= 15 is 0 Å². The van der Waals surface area contributed by atoms with Gasteiger partial charge in [-0.1, -0.05) is 11.3 Å². The van der Waals surface area contributed by atoms with Gasteiger partial charge in [-0.05, 0) is 18.6 Å². The second-order valence-corrected chi connectivity index (χ2v) is 6.40. The van der Waals surface area contributed by atoms with Gasteiger partial charge in [-0.15, -0.1) is 5.10 Å². The van der Waals surface area contributed by atoms with Crippen molar-refractivity contribution in [2.24, 2.45) is 0 Å². The van der Waals surface area contributed by atoms with Gasteiger partial charge < -0.3 is 14.5 Å². The number of ether oxygens (including phenoxy) is 1. The summed E-state index contributed by atoms with van der Waals surface area (Å²) in [6.45, 7) is 2.11. The second kappa shape index (κ2) is 5.86.